The average molecular weight is 551 g/mol. The van der Waals surface area contributed by atoms with Gasteiger partial charge in [0.2, 0.25) is 5.78 Å². The van der Waals surface area contributed by atoms with Crippen molar-refractivity contribution in [3.8, 4) is 16.9 Å². The SMILES string of the molecule is CSCc1cc(-c2ccccc2)c2c(c1O)C(=O)C1=C(O)[C@]3(O)C(=O)C(C(N)=O)=C(O)[C@H](N(C)C)[C@@H]3C[C@@H]1C2. The first-order valence-corrected chi connectivity index (χ1v) is 13.9. The molecule has 10 heteroatoms. The van der Waals surface area contributed by atoms with Gasteiger partial charge in [-0.25, -0.2) is 0 Å². The molecule has 6 N–H and O–H groups in total. The van der Waals surface area contributed by atoms with E-state index in [0.29, 0.717) is 16.9 Å². The van der Waals surface area contributed by atoms with Gasteiger partial charge in [-0.3, -0.25) is 19.3 Å². The van der Waals surface area contributed by atoms with Gasteiger partial charge in [-0.2, -0.15) is 11.8 Å². The Morgan fingerprint density at radius 1 is 1.15 bits per heavy atom. The summed E-state index contributed by atoms with van der Waals surface area (Å²) in [5.74, 6) is -6.08. The number of aromatic hydroxyl groups is 1. The van der Waals surface area contributed by atoms with Gasteiger partial charge in [0.05, 0.1) is 11.6 Å². The summed E-state index contributed by atoms with van der Waals surface area (Å²) < 4.78 is 0. The molecule has 9 nitrogen and oxygen atoms in total. The van der Waals surface area contributed by atoms with Crippen LogP contribution in [0.5, 0.6) is 5.75 Å². The van der Waals surface area contributed by atoms with Crippen molar-refractivity contribution in [1.82, 2.24) is 4.90 Å². The van der Waals surface area contributed by atoms with E-state index in [0.717, 1.165) is 11.1 Å². The lowest BCUT2D eigenvalue weighted by atomic mass is 9.58. The van der Waals surface area contributed by atoms with E-state index >= 15 is 0 Å². The van der Waals surface area contributed by atoms with Gasteiger partial charge in [0.25, 0.3) is 5.91 Å². The average Bonchev–Trinajstić information content (AvgIpc) is 2.88. The summed E-state index contributed by atoms with van der Waals surface area (Å²) >= 11 is 1.47. The zero-order chi connectivity index (χ0) is 28.4. The maximum atomic E-state index is 14.1. The van der Waals surface area contributed by atoms with Crippen LogP contribution in [0.15, 0.2) is 59.1 Å². The molecule has 0 saturated carbocycles. The first-order chi connectivity index (χ1) is 18.4. The first kappa shape index (κ1) is 27.0. The molecule has 0 fully saturated rings. The van der Waals surface area contributed by atoms with E-state index in [4.69, 9.17) is 5.73 Å². The van der Waals surface area contributed by atoms with Gasteiger partial charge < -0.3 is 26.2 Å². The number of aliphatic hydroxyl groups is 3. The van der Waals surface area contributed by atoms with E-state index in [1.54, 1.807) is 14.1 Å². The number of aliphatic hydroxyl groups excluding tert-OH is 2. The highest BCUT2D eigenvalue weighted by molar-refractivity contribution is 7.97. The number of thioether (sulfide) groups is 1. The van der Waals surface area contributed by atoms with Gasteiger partial charge in [0.15, 0.2) is 11.4 Å². The smallest absolute Gasteiger partial charge is 0.255 e. The lowest BCUT2D eigenvalue weighted by Crippen LogP contribution is -2.63. The zero-order valence-electron chi connectivity index (χ0n) is 21.8. The highest BCUT2D eigenvalue weighted by Crippen LogP contribution is 2.53. The van der Waals surface area contributed by atoms with Crippen LogP contribution in [0.25, 0.3) is 11.1 Å². The topological polar surface area (TPSA) is 161 Å². The van der Waals surface area contributed by atoms with Crippen LogP contribution in [-0.4, -0.2) is 74.8 Å². The summed E-state index contributed by atoms with van der Waals surface area (Å²) in [6.07, 6.45) is 2.17. The van der Waals surface area contributed by atoms with Crippen LogP contribution in [0.3, 0.4) is 0 Å². The molecule has 0 radical (unpaired) electrons. The summed E-state index contributed by atoms with van der Waals surface area (Å²) in [6.45, 7) is 0. The highest BCUT2D eigenvalue weighted by Gasteiger charge is 2.63. The molecule has 0 spiro atoms. The Balaban J connectivity index is 1.76. The number of nitrogens with zero attached hydrogens (tertiary/aromatic N) is 1. The van der Waals surface area contributed by atoms with Gasteiger partial charge in [0, 0.05) is 22.8 Å². The molecule has 3 aliphatic carbocycles. The van der Waals surface area contributed by atoms with Gasteiger partial charge in [0.1, 0.15) is 22.8 Å². The molecule has 2 aromatic carbocycles. The fourth-order valence-corrected chi connectivity index (χ4v) is 7.05. The van der Waals surface area contributed by atoms with E-state index in [1.807, 2.05) is 42.7 Å². The number of likely N-dealkylation sites (N-methyl/N-ethyl adjacent to an activating group) is 1. The molecule has 0 saturated heterocycles. The summed E-state index contributed by atoms with van der Waals surface area (Å²) in [5.41, 5.74) is 4.58. The normalized spacial score (nSPS) is 26.4. The Morgan fingerprint density at radius 2 is 1.82 bits per heavy atom. The molecule has 39 heavy (non-hydrogen) atoms. The maximum absolute atomic E-state index is 14.1. The quantitative estimate of drug-likeness (QED) is 0.353. The molecule has 204 valence electrons. The van der Waals surface area contributed by atoms with Crippen molar-refractivity contribution in [2.24, 2.45) is 17.6 Å². The highest BCUT2D eigenvalue weighted by atomic mass is 32.2. The second-order valence-electron chi connectivity index (χ2n) is 10.5. The Kier molecular flexibility index (Phi) is 6.61. The van der Waals surface area contributed by atoms with Crippen molar-refractivity contribution in [3.05, 3.63) is 75.8 Å². The molecule has 0 aromatic heterocycles. The van der Waals surface area contributed by atoms with E-state index in [9.17, 15) is 34.8 Å². The number of nitrogens with two attached hydrogens (primary N) is 1. The lowest BCUT2D eigenvalue weighted by molar-refractivity contribution is -0.148. The van der Waals surface area contributed by atoms with Crippen LogP contribution >= 0.6 is 11.8 Å². The predicted molar refractivity (Wildman–Crippen MR) is 146 cm³/mol. The van der Waals surface area contributed by atoms with Crippen molar-refractivity contribution in [3.63, 3.8) is 0 Å². The molecule has 0 heterocycles. The fourth-order valence-electron chi connectivity index (χ4n) is 6.52. The number of primary amides is 1. The van der Waals surface area contributed by atoms with Gasteiger partial charge >= 0.3 is 0 Å². The minimum Gasteiger partial charge on any atom is -0.510 e. The lowest BCUT2D eigenvalue weighted by Gasteiger charge is -2.50. The Bertz CT molecular complexity index is 1480. The number of Topliss-reactive ketones (excluding diaryl/α,β-unsaturated/α-hetero) is 2. The van der Waals surface area contributed by atoms with E-state index in [-0.39, 0.29) is 29.7 Å². The number of allylic oxidation sites excluding steroid dienone is 1. The van der Waals surface area contributed by atoms with Gasteiger partial charge in [-0.1, -0.05) is 30.3 Å². The molecule has 0 bridgehead atoms. The predicted octanol–water partition coefficient (Wildman–Crippen LogP) is 2.65. The third-order valence-electron chi connectivity index (χ3n) is 8.19. The molecule has 5 rings (SSSR count). The third-order valence-corrected chi connectivity index (χ3v) is 8.79. The largest absolute Gasteiger partial charge is 0.510 e. The Labute approximate surface area is 229 Å². The standard InChI is InChI=1S/C29H30N2O7S/c1-31(2)22-18-11-14-9-17-16(13-7-5-4-6-8-13)10-15(12-39-3)23(32)20(17)24(33)19(14)26(35)29(18,38)27(36)21(25(22)34)28(30)37/h4-8,10,14,18,22,32,34-35,38H,9,11-12H2,1-3H3,(H2,30,37)/t14-,18-,22+,29-/m0/s1. The molecule has 2 aromatic rings. The number of amides is 1. The fraction of sp³-hybridized carbons (Fsp3) is 0.345. The summed E-state index contributed by atoms with van der Waals surface area (Å²) in [5, 5.41) is 45.4. The van der Waals surface area contributed by atoms with E-state index in [1.165, 1.54) is 16.7 Å². The monoisotopic (exact) mass is 550 g/mol. The van der Waals surface area contributed by atoms with Crippen molar-refractivity contribution < 1.29 is 34.8 Å². The number of hydrogen-bond acceptors (Lipinski definition) is 9. The summed E-state index contributed by atoms with van der Waals surface area (Å²) in [4.78, 5) is 41.2. The number of phenols is 1. The van der Waals surface area contributed by atoms with Crippen LogP contribution < -0.4 is 5.73 Å². The number of carbonyl (C=O) groups excluding carboxylic acids is 3. The van der Waals surface area contributed by atoms with Crippen molar-refractivity contribution in [1.29, 1.82) is 0 Å². The second-order valence-corrected chi connectivity index (χ2v) is 11.4. The minimum absolute atomic E-state index is 0.0289. The Hall–Kier alpha value is -3.60. The van der Waals surface area contributed by atoms with Crippen LogP contribution in [0.1, 0.15) is 27.9 Å². The number of carbonyl (C=O) groups is 3. The summed E-state index contributed by atoms with van der Waals surface area (Å²) in [7, 11) is 3.21. The molecule has 0 unspecified atom stereocenters. The minimum atomic E-state index is -2.65. The molecule has 3 aliphatic rings. The number of rotatable bonds is 5. The van der Waals surface area contributed by atoms with Gasteiger partial charge in [-0.15, -0.1) is 0 Å². The molecule has 4 atom stereocenters. The van der Waals surface area contributed by atoms with Crippen LogP contribution in [0.2, 0.25) is 0 Å². The number of phenolic OH excluding ortho intramolecular Hbond substituents is 1. The summed E-state index contributed by atoms with van der Waals surface area (Å²) in [6, 6.07) is 10.3. The van der Waals surface area contributed by atoms with Crippen molar-refractivity contribution in [2.75, 3.05) is 20.4 Å². The second kappa shape index (κ2) is 9.55. The Morgan fingerprint density at radius 3 is 2.41 bits per heavy atom. The first-order valence-electron chi connectivity index (χ1n) is 12.5. The molecule has 1 amide bonds. The van der Waals surface area contributed by atoms with Crippen molar-refractivity contribution in [2.45, 2.75) is 30.2 Å². The van der Waals surface area contributed by atoms with Crippen LogP contribution in [-0.2, 0) is 21.8 Å². The number of fused-ring (bicyclic) bond motifs is 3. The van der Waals surface area contributed by atoms with Crippen LogP contribution in [0.4, 0.5) is 0 Å². The number of benzene rings is 2. The maximum Gasteiger partial charge on any atom is 0.255 e. The third kappa shape index (κ3) is 3.81. The molecular weight excluding hydrogens is 520 g/mol. The van der Waals surface area contributed by atoms with E-state index in [2.05, 4.69) is 0 Å². The van der Waals surface area contributed by atoms with E-state index < -0.39 is 58.0 Å². The molecule has 0 aliphatic heterocycles. The zero-order valence-corrected chi connectivity index (χ0v) is 22.6. The molecular formula is C29H30N2O7S. The van der Waals surface area contributed by atoms with Crippen molar-refractivity contribution >= 4 is 29.2 Å². The number of hydrogen-bond donors (Lipinski definition) is 5. The van der Waals surface area contributed by atoms with Gasteiger partial charge in [-0.05, 0) is 61.9 Å². The number of ketones is 2. The van der Waals surface area contributed by atoms with Crippen LogP contribution in [0, 0.1) is 11.8 Å².